The number of carbonyl (C=O) groups excluding carboxylic acids is 7. The highest BCUT2D eigenvalue weighted by molar-refractivity contribution is 5.78. The van der Waals surface area contributed by atoms with Crippen LogP contribution in [0.1, 0.15) is 122 Å². The van der Waals surface area contributed by atoms with Gasteiger partial charge in [0.15, 0.2) is 12.6 Å². The number of hydrogen-bond donors (Lipinski definition) is 14. The number of ether oxygens (including phenoxy) is 7. The van der Waals surface area contributed by atoms with Crippen LogP contribution in [-0.4, -0.2) is 244 Å². The maximum absolute atomic E-state index is 13.2. The fourth-order valence-electron chi connectivity index (χ4n) is 8.19. The van der Waals surface area contributed by atoms with Crippen LogP contribution in [0.4, 0.5) is 0 Å². The summed E-state index contributed by atoms with van der Waals surface area (Å²) in [5.74, 6) is 0.524. The molecule has 0 bridgehead atoms. The summed E-state index contributed by atoms with van der Waals surface area (Å²) in [6, 6.07) is 0. The molecule has 0 saturated carbocycles. The maximum atomic E-state index is 13.2. The molecule has 0 aromatic carbocycles. The van der Waals surface area contributed by atoms with E-state index in [-0.39, 0.29) is 166 Å². The van der Waals surface area contributed by atoms with Crippen LogP contribution in [0.2, 0.25) is 0 Å². The van der Waals surface area contributed by atoms with Gasteiger partial charge in [0.2, 0.25) is 41.4 Å². The number of hydrogen-bond acceptors (Lipinski definition) is 21. The molecule has 0 aromatic rings. The smallest absolute Gasteiger partial charge is 0.222 e. The van der Waals surface area contributed by atoms with Gasteiger partial charge in [-0.05, 0) is 57.8 Å². The van der Waals surface area contributed by atoms with Gasteiger partial charge in [-0.25, -0.2) is 0 Å². The van der Waals surface area contributed by atoms with Crippen molar-refractivity contribution in [3.63, 3.8) is 0 Å². The van der Waals surface area contributed by atoms with Crippen molar-refractivity contribution >= 4 is 41.4 Å². The summed E-state index contributed by atoms with van der Waals surface area (Å²) < 4.78 is 39.8. The molecule has 82 heavy (non-hydrogen) atoms. The second kappa shape index (κ2) is 45.7. The molecule has 2 aliphatic rings. The third kappa shape index (κ3) is 34.8. The molecule has 2 aliphatic heterocycles. The fraction of sp³-hybridized carbons (Fsp3) is 0.833. The Kier molecular flexibility index (Phi) is 40.9. The van der Waals surface area contributed by atoms with Gasteiger partial charge in [0, 0.05) is 123 Å². The molecule has 472 valence electrons. The van der Waals surface area contributed by atoms with Gasteiger partial charge < -0.3 is 106 Å². The van der Waals surface area contributed by atoms with E-state index in [0.717, 1.165) is 0 Å². The van der Waals surface area contributed by atoms with Crippen molar-refractivity contribution in [2.24, 2.45) is 0 Å². The Labute approximate surface area is 480 Å². The van der Waals surface area contributed by atoms with Gasteiger partial charge in [-0.2, -0.15) is 0 Å². The van der Waals surface area contributed by atoms with Crippen LogP contribution in [0.3, 0.4) is 0 Å². The zero-order chi connectivity index (χ0) is 60.2. The topological polar surface area (TPSA) is 410 Å². The number of amides is 7. The van der Waals surface area contributed by atoms with Gasteiger partial charge in [0.05, 0.1) is 65.1 Å². The minimum Gasteiger partial charge on any atom is -0.396 e. The Morgan fingerprint density at radius 1 is 0.451 bits per heavy atom. The first kappa shape index (κ1) is 73.4. The third-order valence-corrected chi connectivity index (χ3v) is 12.9. The zero-order valence-electron chi connectivity index (χ0n) is 47.5. The van der Waals surface area contributed by atoms with Gasteiger partial charge >= 0.3 is 0 Å². The number of nitrogens with one attached hydrogen (secondary N) is 7. The maximum Gasteiger partial charge on any atom is 0.222 e. The molecule has 0 radical (unpaired) electrons. The Morgan fingerprint density at radius 2 is 0.793 bits per heavy atom. The molecule has 28 nitrogen and oxygen atoms in total. The molecule has 8 atom stereocenters. The van der Waals surface area contributed by atoms with Crippen molar-refractivity contribution in [3.05, 3.63) is 0 Å². The monoisotopic (exact) mass is 1180 g/mol. The van der Waals surface area contributed by atoms with E-state index in [0.29, 0.717) is 90.4 Å². The Balaban J connectivity index is 1.81. The number of aliphatic hydroxyl groups excluding tert-OH is 7. The molecule has 0 aromatic heterocycles. The summed E-state index contributed by atoms with van der Waals surface area (Å²) >= 11 is 0. The van der Waals surface area contributed by atoms with E-state index in [2.05, 4.69) is 43.1 Å². The lowest BCUT2D eigenvalue weighted by Gasteiger charge is -2.36. The lowest BCUT2D eigenvalue weighted by atomic mass is 10.0. The largest absolute Gasteiger partial charge is 0.396 e. The zero-order valence-corrected chi connectivity index (χ0v) is 47.5. The van der Waals surface area contributed by atoms with E-state index in [1.807, 2.05) is 0 Å². The van der Waals surface area contributed by atoms with Crippen LogP contribution < -0.4 is 37.2 Å². The molecular weight excluding hydrogens is 1080 g/mol. The average Bonchev–Trinajstić information content (AvgIpc) is 3.45. The van der Waals surface area contributed by atoms with E-state index in [9.17, 15) is 64.2 Å². The quantitative estimate of drug-likeness (QED) is 0.0208. The average molecular weight is 1180 g/mol. The molecule has 2 rings (SSSR count). The highest BCUT2D eigenvalue weighted by Crippen LogP contribution is 2.23. The van der Waals surface area contributed by atoms with Crippen LogP contribution in [-0.2, 0) is 66.7 Å². The summed E-state index contributed by atoms with van der Waals surface area (Å²) in [7, 11) is 0. The molecular formula is C54H95N7O21. The summed E-state index contributed by atoms with van der Waals surface area (Å²) in [5, 5.41) is 86.7. The van der Waals surface area contributed by atoms with Crippen LogP contribution in [0.5, 0.6) is 0 Å². The van der Waals surface area contributed by atoms with E-state index < -0.39 is 73.9 Å². The molecule has 0 aliphatic carbocycles. The standard InChI is InChI=1S/C54H95N7O21/c1-2-3-13-49(73)61-54(36-76-29-17-46(70)58-23-10-20-55-43(67)14-4-7-26-62,37-77-30-18-47(71)59-24-11-21-56-44(68)15-5-8-27-79-50-32-39(65)52(74)41(34-63)81-50)38-78-31-19-48(72)60-25-12-22-57-45(69)16-6-9-28-80-51-33-40(66)53(75)42(35-64)82-51/h1,39-42,50-53,62-66,74-75H,3-38H2,(H,55,67)(H,56,68)(H,57,69)(H,58,70)(H,59,71)(H,60,72)(H,61,73)/t39-,40-,41-,42-,50-,51-,52-,53-/m1/s1. The number of carbonyl (C=O) groups is 7. The third-order valence-electron chi connectivity index (χ3n) is 12.9. The van der Waals surface area contributed by atoms with E-state index in [1.165, 1.54) is 0 Å². The van der Waals surface area contributed by atoms with E-state index in [4.69, 9.17) is 44.7 Å². The second-order valence-electron chi connectivity index (χ2n) is 20.1. The van der Waals surface area contributed by atoms with Gasteiger partial charge in [-0.3, -0.25) is 33.6 Å². The first-order valence-corrected chi connectivity index (χ1v) is 28.7. The summed E-state index contributed by atoms with van der Waals surface area (Å²) in [6.07, 6.45) is 2.94. The molecule has 0 unspecified atom stereocenters. The molecule has 7 amide bonds. The minimum absolute atomic E-state index is 0.0186. The predicted octanol–water partition coefficient (Wildman–Crippen LogP) is -3.46. The van der Waals surface area contributed by atoms with Crippen molar-refractivity contribution < 1.29 is 102 Å². The van der Waals surface area contributed by atoms with Crippen molar-refractivity contribution in [1.82, 2.24) is 37.2 Å². The number of aliphatic hydroxyl groups is 7. The normalized spacial score (nSPS) is 20.7. The lowest BCUT2D eigenvalue weighted by Crippen LogP contribution is -2.58. The van der Waals surface area contributed by atoms with Crippen molar-refractivity contribution in [2.75, 3.05) is 112 Å². The highest BCUT2D eigenvalue weighted by atomic mass is 16.7. The fourth-order valence-corrected chi connectivity index (χ4v) is 8.19. The molecule has 14 N–H and O–H groups in total. The van der Waals surface area contributed by atoms with Crippen LogP contribution in [0, 0.1) is 12.3 Å². The van der Waals surface area contributed by atoms with Gasteiger partial charge in [-0.15, -0.1) is 12.3 Å². The number of terminal acetylenes is 1. The van der Waals surface area contributed by atoms with Crippen molar-refractivity contribution in [3.8, 4) is 12.3 Å². The summed E-state index contributed by atoms with van der Waals surface area (Å²) in [4.78, 5) is 87.8. The first-order chi connectivity index (χ1) is 39.5. The second-order valence-corrected chi connectivity index (χ2v) is 20.1. The molecule has 0 spiro atoms. The Morgan fingerprint density at radius 3 is 1.12 bits per heavy atom. The lowest BCUT2D eigenvalue weighted by molar-refractivity contribution is -0.257. The molecule has 28 heteroatoms. The predicted molar refractivity (Wildman–Crippen MR) is 292 cm³/mol. The van der Waals surface area contributed by atoms with E-state index in [1.54, 1.807) is 0 Å². The summed E-state index contributed by atoms with van der Waals surface area (Å²) in [6.45, 7) is 0.651. The molecule has 2 saturated heterocycles. The molecule has 2 heterocycles. The summed E-state index contributed by atoms with van der Waals surface area (Å²) in [5.41, 5.74) is -1.36. The van der Waals surface area contributed by atoms with Crippen LogP contribution in [0.25, 0.3) is 0 Å². The first-order valence-electron chi connectivity index (χ1n) is 28.7. The number of unbranched alkanes of at least 4 members (excludes halogenated alkanes) is 3. The van der Waals surface area contributed by atoms with Gasteiger partial charge in [0.1, 0.15) is 30.0 Å². The van der Waals surface area contributed by atoms with Gasteiger partial charge in [-0.1, -0.05) is 0 Å². The van der Waals surface area contributed by atoms with Crippen LogP contribution >= 0.6 is 0 Å². The SMILES string of the molecule is C#CCCC(=O)NC(COCCC(=O)NCCCNC(=O)CCCCO)(COCCC(=O)NCCCNC(=O)CCCCO[C@H]1C[C@@H](O)[C@@H](O)[C@@H](CO)O1)COCCC(=O)NCCCNC(=O)CCCCO[C@H]1C[C@@H](O)[C@@H](O)[C@@H](CO)O1. The van der Waals surface area contributed by atoms with Crippen molar-refractivity contribution in [1.29, 1.82) is 0 Å². The molecule has 2 fully saturated rings. The Bertz CT molecular complexity index is 1770. The Hall–Kier alpha value is -4.71. The van der Waals surface area contributed by atoms with E-state index >= 15 is 0 Å². The van der Waals surface area contributed by atoms with Gasteiger partial charge in [0.25, 0.3) is 0 Å². The van der Waals surface area contributed by atoms with Crippen molar-refractivity contribution in [2.45, 2.75) is 177 Å². The minimum atomic E-state index is -1.36. The highest BCUT2D eigenvalue weighted by Gasteiger charge is 2.38. The number of rotatable bonds is 48. The van der Waals surface area contributed by atoms with Crippen LogP contribution in [0.15, 0.2) is 0 Å².